The maximum Gasteiger partial charge on any atom is 0.323 e. The molecule has 0 saturated carbocycles. The first-order valence-corrected chi connectivity index (χ1v) is 9.17. The van der Waals surface area contributed by atoms with E-state index in [-0.39, 0.29) is 18.3 Å². The Labute approximate surface area is 159 Å². The number of rotatable bonds is 5. The van der Waals surface area contributed by atoms with Crippen molar-refractivity contribution in [3.63, 3.8) is 0 Å². The van der Waals surface area contributed by atoms with Crippen LogP contribution in [0.15, 0.2) is 23.2 Å². The van der Waals surface area contributed by atoms with Crippen molar-refractivity contribution in [2.45, 2.75) is 20.4 Å². The zero-order valence-corrected chi connectivity index (χ0v) is 16.1. The predicted molar refractivity (Wildman–Crippen MR) is 105 cm³/mol. The zero-order chi connectivity index (χ0) is 19.0. The fraction of sp³-hybridized carbons (Fsp3) is 0.278. The summed E-state index contributed by atoms with van der Waals surface area (Å²) >= 11 is 6.37. The molecule has 2 N–H and O–H groups in total. The monoisotopic (exact) mass is 390 g/mol. The number of carboxylic acids is 1. The Bertz CT molecular complexity index is 999. The Morgan fingerprint density at radius 3 is 2.81 bits per heavy atom. The molecule has 0 radical (unpaired) electrons. The van der Waals surface area contributed by atoms with E-state index in [9.17, 15) is 9.90 Å². The molecule has 1 aliphatic rings. The van der Waals surface area contributed by atoms with Crippen LogP contribution in [-0.2, 0) is 11.3 Å². The molecule has 0 atom stereocenters. The zero-order valence-electron chi connectivity index (χ0n) is 14.5. The van der Waals surface area contributed by atoms with Crippen molar-refractivity contribution in [2.75, 3.05) is 7.11 Å². The summed E-state index contributed by atoms with van der Waals surface area (Å²) in [7, 11) is 1.60. The van der Waals surface area contributed by atoms with Crippen molar-refractivity contribution in [3.8, 4) is 11.6 Å². The van der Waals surface area contributed by atoms with Crippen LogP contribution in [0.1, 0.15) is 24.3 Å². The highest BCUT2D eigenvalue weighted by molar-refractivity contribution is 7.73. The molecule has 1 aliphatic heterocycles. The third kappa shape index (κ3) is 3.30. The predicted octanol–water partition coefficient (Wildman–Crippen LogP) is 4.36. The van der Waals surface area contributed by atoms with E-state index in [1.807, 2.05) is 38.1 Å². The third-order valence-electron chi connectivity index (χ3n) is 4.02. The van der Waals surface area contributed by atoms with Crippen molar-refractivity contribution in [1.82, 2.24) is 4.57 Å². The van der Waals surface area contributed by atoms with Crippen molar-refractivity contribution < 1.29 is 19.7 Å². The molecule has 0 unspecified atom stereocenters. The molecule has 0 aliphatic carbocycles. The number of hydrogen-bond acceptors (Lipinski definition) is 6. The van der Waals surface area contributed by atoms with Crippen LogP contribution in [0.4, 0.5) is 5.69 Å². The van der Waals surface area contributed by atoms with Crippen LogP contribution in [0.25, 0.3) is 11.6 Å². The van der Waals surface area contributed by atoms with Crippen molar-refractivity contribution in [2.24, 2.45) is 10.9 Å². The summed E-state index contributed by atoms with van der Waals surface area (Å²) in [6.07, 6.45) is 1.82. The van der Waals surface area contributed by atoms with Gasteiger partial charge < -0.3 is 14.9 Å². The smallest absolute Gasteiger partial charge is 0.323 e. The molecular formula is C18H18N2O4S2. The number of carboxylic acid groups (broad SMARTS) is 1. The van der Waals surface area contributed by atoms with E-state index in [1.165, 1.54) is 15.9 Å². The Morgan fingerprint density at radius 2 is 2.19 bits per heavy atom. The highest BCUT2D eigenvalue weighted by Gasteiger charge is 2.25. The number of benzene rings is 1. The molecule has 0 fully saturated rings. The molecule has 6 nitrogen and oxygen atoms in total. The van der Waals surface area contributed by atoms with Gasteiger partial charge >= 0.3 is 5.97 Å². The number of hydrogen-bond donors (Lipinski definition) is 2. The molecular weight excluding hydrogens is 372 g/mol. The van der Waals surface area contributed by atoms with Gasteiger partial charge in [-0.15, -0.1) is 11.3 Å². The molecule has 1 aromatic carbocycles. The molecule has 136 valence electrons. The van der Waals surface area contributed by atoms with E-state index in [0.717, 1.165) is 28.3 Å². The number of aliphatic carboxylic acids is 1. The van der Waals surface area contributed by atoms with Crippen molar-refractivity contribution >= 4 is 52.6 Å². The molecule has 0 spiro atoms. The first kappa shape index (κ1) is 18.3. The van der Waals surface area contributed by atoms with Gasteiger partial charge in [0.15, 0.2) is 3.95 Å². The molecule has 2 heterocycles. The van der Waals surface area contributed by atoms with E-state index < -0.39 is 5.97 Å². The van der Waals surface area contributed by atoms with Gasteiger partial charge in [-0.3, -0.25) is 14.4 Å². The number of fused-ring (bicyclic) bond motifs is 1. The summed E-state index contributed by atoms with van der Waals surface area (Å²) in [6.45, 7) is 3.72. The average Bonchev–Trinajstić information content (AvgIpc) is 3.07. The van der Waals surface area contributed by atoms with E-state index in [0.29, 0.717) is 8.83 Å². The van der Waals surface area contributed by atoms with Crippen LogP contribution in [-0.4, -0.2) is 33.6 Å². The van der Waals surface area contributed by atoms with Gasteiger partial charge in [0.05, 0.1) is 23.4 Å². The lowest BCUT2D eigenvalue weighted by Gasteiger charge is -2.09. The fourth-order valence-corrected chi connectivity index (χ4v) is 4.04. The number of carbonyl (C=O) groups is 1. The summed E-state index contributed by atoms with van der Waals surface area (Å²) in [5.41, 5.74) is 3.53. The Hall–Kier alpha value is -2.45. The molecule has 26 heavy (non-hydrogen) atoms. The number of aromatic nitrogens is 1. The molecule has 8 heteroatoms. The number of aromatic hydroxyl groups is 1. The van der Waals surface area contributed by atoms with Gasteiger partial charge in [0, 0.05) is 11.1 Å². The van der Waals surface area contributed by atoms with Crippen LogP contribution in [0.3, 0.4) is 0 Å². The summed E-state index contributed by atoms with van der Waals surface area (Å²) in [4.78, 5) is 16.2. The standard InChI is InChI=1S/C18H18N2O4S2/c1-9(2)16-12(11-6-10(24-3)4-5-13(11)19-16)7-14-17(23)20(8-15(21)22)18(25)26-14/h4-7,9,23H,8H2,1-3H3,(H,21,22). The van der Waals surface area contributed by atoms with Gasteiger partial charge in [0.2, 0.25) is 5.88 Å². The van der Waals surface area contributed by atoms with Crippen LogP contribution in [0.5, 0.6) is 11.6 Å². The summed E-state index contributed by atoms with van der Waals surface area (Å²) in [6, 6.07) is 5.66. The lowest BCUT2D eigenvalue weighted by atomic mass is 9.95. The molecule has 0 bridgehead atoms. The average molecular weight is 390 g/mol. The van der Waals surface area contributed by atoms with E-state index in [1.54, 1.807) is 7.11 Å². The number of ether oxygens (including phenoxy) is 1. The lowest BCUT2D eigenvalue weighted by molar-refractivity contribution is -0.137. The minimum Gasteiger partial charge on any atom is -0.497 e. The number of nitrogens with zero attached hydrogens (tertiary/aromatic N) is 2. The summed E-state index contributed by atoms with van der Waals surface area (Å²) < 4.78 is 6.83. The summed E-state index contributed by atoms with van der Waals surface area (Å²) in [5.74, 6) is -0.311. The second kappa shape index (κ2) is 7.05. The third-order valence-corrected chi connectivity index (χ3v) is 5.41. The van der Waals surface area contributed by atoms with Gasteiger partial charge in [-0.25, -0.2) is 0 Å². The maximum absolute atomic E-state index is 11.0. The second-order valence-corrected chi connectivity index (χ2v) is 7.80. The first-order valence-electron chi connectivity index (χ1n) is 7.95. The molecule has 0 saturated heterocycles. The highest BCUT2D eigenvalue weighted by Crippen LogP contribution is 2.41. The van der Waals surface area contributed by atoms with Gasteiger partial charge in [-0.2, -0.15) is 0 Å². The minimum atomic E-state index is -1.06. The van der Waals surface area contributed by atoms with Crippen LogP contribution in [0.2, 0.25) is 0 Å². The SMILES string of the molecule is COc1ccc2c(c1)C(=Cc1sc(=S)n(CC(=O)O)c1O)C(C(C)C)=N2. The van der Waals surface area contributed by atoms with E-state index >= 15 is 0 Å². The largest absolute Gasteiger partial charge is 0.497 e. The summed E-state index contributed by atoms with van der Waals surface area (Å²) in [5, 5.41) is 19.4. The highest BCUT2D eigenvalue weighted by atomic mass is 32.1. The van der Waals surface area contributed by atoms with Crippen molar-refractivity contribution in [3.05, 3.63) is 32.6 Å². The Morgan fingerprint density at radius 1 is 1.46 bits per heavy atom. The minimum absolute atomic E-state index is 0.144. The quantitative estimate of drug-likeness (QED) is 0.741. The van der Waals surface area contributed by atoms with E-state index in [2.05, 4.69) is 0 Å². The second-order valence-electron chi connectivity index (χ2n) is 6.13. The van der Waals surface area contributed by atoms with Gasteiger partial charge in [0.25, 0.3) is 0 Å². The number of allylic oxidation sites excluding steroid dienone is 1. The Balaban J connectivity index is 2.15. The molecule has 2 aromatic rings. The van der Waals surface area contributed by atoms with Gasteiger partial charge in [-0.05, 0) is 42.4 Å². The number of methoxy groups -OCH3 is 1. The van der Waals surface area contributed by atoms with Gasteiger partial charge in [0.1, 0.15) is 12.3 Å². The van der Waals surface area contributed by atoms with Crippen LogP contribution in [0, 0.1) is 9.87 Å². The number of thiazole rings is 1. The molecule has 3 rings (SSSR count). The molecule has 1 aromatic heterocycles. The van der Waals surface area contributed by atoms with Crippen LogP contribution < -0.4 is 4.74 Å². The first-order chi connectivity index (χ1) is 12.3. The fourth-order valence-electron chi connectivity index (χ4n) is 2.79. The molecule has 0 amide bonds. The van der Waals surface area contributed by atoms with Crippen LogP contribution >= 0.6 is 23.6 Å². The van der Waals surface area contributed by atoms with Gasteiger partial charge in [-0.1, -0.05) is 13.8 Å². The Kier molecular flexibility index (Phi) is 4.97. The number of aliphatic imine (C=N–C) groups is 1. The maximum atomic E-state index is 11.0. The topological polar surface area (TPSA) is 84.0 Å². The van der Waals surface area contributed by atoms with E-state index in [4.69, 9.17) is 27.1 Å². The van der Waals surface area contributed by atoms with Crippen molar-refractivity contribution in [1.29, 1.82) is 0 Å². The normalized spacial score (nSPS) is 14.6. The lowest BCUT2D eigenvalue weighted by Crippen LogP contribution is -2.08.